The fourth-order valence-electron chi connectivity index (χ4n) is 4.44. The smallest absolute Gasteiger partial charge is 0.321 e. The van der Waals surface area contributed by atoms with Gasteiger partial charge in [0.15, 0.2) is 11.2 Å². The summed E-state index contributed by atoms with van der Waals surface area (Å²) >= 11 is 0. The van der Waals surface area contributed by atoms with Gasteiger partial charge in [-0.3, -0.25) is 9.59 Å². The van der Waals surface area contributed by atoms with Crippen molar-refractivity contribution in [1.29, 1.82) is 0 Å². The van der Waals surface area contributed by atoms with Gasteiger partial charge in [0.25, 0.3) is 0 Å². The molecular weight excluding hydrogens is 288 g/mol. The van der Waals surface area contributed by atoms with Gasteiger partial charge in [-0.25, -0.2) is 0 Å². The minimum atomic E-state index is -1.81. The molecule has 1 aromatic rings. The molecule has 116 valence electrons. The molecule has 2 unspecified atom stereocenters. The molecule has 2 bridgehead atoms. The van der Waals surface area contributed by atoms with Crippen LogP contribution in [0.4, 0.5) is 0 Å². The molecule has 2 N–H and O–H groups in total. The van der Waals surface area contributed by atoms with Crippen LogP contribution in [0.1, 0.15) is 35.8 Å². The van der Waals surface area contributed by atoms with E-state index in [9.17, 15) is 19.8 Å². The van der Waals surface area contributed by atoms with E-state index in [4.69, 9.17) is 9.47 Å². The standard InChI is InChI=1S/C16H16O6/c17-13(18)15(14(19)20)7-12-10-4-2-1-3-9(10)11(15)8-16(12)21-5-6-22-16/h1-4,11-12H,5-8H2,(H,17,18)(H,19,20). The van der Waals surface area contributed by atoms with E-state index in [1.807, 2.05) is 24.3 Å². The van der Waals surface area contributed by atoms with Gasteiger partial charge >= 0.3 is 11.9 Å². The summed E-state index contributed by atoms with van der Waals surface area (Å²) in [5.74, 6) is -4.45. The lowest BCUT2D eigenvalue weighted by Gasteiger charge is -2.54. The van der Waals surface area contributed by atoms with Crippen LogP contribution >= 0.6 is 0 Å². The predicted molar refractivity (Wildman–Crippen MR) is 73.5 cm³/mol. The van der Waals surface area contributed by atoms with E-state index >= 15 is 0 Å². The summed E-state index contributed by atoms with van der Waals surface area (Å²) in [6.45, 7) is 0.914. The first-order valence-corrected chi connectivity index (χ1v) is 7.35. The van der Waals surface area contributed by atoms with Gasteiger partial charge in [-0.1, -0.05) is 24.3 Å². The molecular formula is C16H16O6. The molecule has 2 fully saturated rings. The van der Waals surface area contributed by atoms with Crippen molar-refractivity contribution in [2.24, 2.45) is 5.41 Å². The van der Waals surface area contributed by atoms with Gasteiger partial charge in [0.1, 0.15) is 0 Å². The molecule has 0 amide bonds. The third kappa shape index (κ3) is 1.46. The highest BCUT2D eigenvalue weighted by Crippen LogP contribution is 2.64. The molecule has 1 saturated heterocycles. The van der Waals surface area contributed by atoms with Gasteiger partial charge in [-0.05, 0) is 17.5 Å². The molecule has 2 atom stereocenters. The normalized spacial score (nSPS) is 30.2. The Bertz CT molecular complexity index is 646. The molecule has 6 nitrogen and oxygen atoms in total. The molecule has 6 heteroatoms. The minimum Gasteiger partial charge on any atom is -0.480 e. The van der Waals surface area contributed by atoms with Crippen LogP contribution in [0.5, 0.6) is 0 Å². The highest BCUT2D eigenvalue weighted by Gasteiger charge is 2.68. The average Bonchev–Trinajstić information content (AvgIpc) is 2.95. The molecule has 1 spiro atoms. The van der Waals surface area contributed by atoms with Crippen molar-refractivity contribution >= 4 is 11.9 Å². The van der Waals surface area contributed by atoms with Crippen LogP contribution in [0.2, 0.25) is 0 Å². The maximum absolute atomic E-state index is 11.9. The Morgan fingerprint density at radius 1 is 0.955 bits per heavy atom. The molecule has 0 radical (unpaired) electrons. The lowest BCUT2D eigenvalue weighted by Crippen LogP contribution is -2.59. The van der Waals surface area contributed by atoms with Crippen LogP contribution in [-0.2, 0) is 19.1 Å². The number of hydrogen-bond acceptors (Lipinski definition) is 4. The second-order valence-corrected chi connectivity index (χ2v) is 6.23. The zero-order valence-corrected chi connectivity index (χ0v) is 11.8. The van der Waals surface area contributed by atoms with Crippen molar-refractivity contribution < 1.29 is 29.3 Å². The van der Waals surface area contributed by atoms with Gasteiger partial charge in [0, 0.05) is 18.3 Å². The van der Waals surface area contributed by atoms with Crippen molar-refractivity contribution in [2.45, 2.75) is 30.5 Å². The monoisotopic (exact) mass is 304 g/mol. The molecule has 0 aromatic heterocycles. The van der Waals surface area contributed by atoms with Crippen LogP contribution < -0.4 is 0 Å². The van der Waals surface area contributed by atoms with Gasteiger partial charge in [-0.2, -0.15) is 0 Å². The van der Waals surface area contributed by atoms with Crippen LogP contribution in [0.15, 0.2) is 24.3 Å². The fourth-order valence-corrected chi connectivity index (χ4v) is 4.44. The Kier molecular flexibility index (Phi) is 2.68. The molecule has 1 aliphatic heterocycles. The molecule has 3 aliphatic carbocycles. The van der Waals surface area contributed by atoms with Crippen LogP contribution in [-0.4, -0.2) is 41.2 Å². The van der Waals surface area contributed by atoms with Crippen molar-refractivity contribution in [3.63, 3.8) is 0 Å². The number of carboxylic acid groups (broad SMARTS) is 2. The zero-order chi connectivity index (χ0) is 15.5. The number of carbonyl (C=O) groups is 2. The largest absolute Gasteiger partial charge is 0.480 e. The summed E-state index contributed by atoms with van der Waals surface area (Å²) in [4.78, 5) is 23.7. The molecule has 1 heterocycles. The first-order valence-electron chi connectivity index (χ1n) is 7.35. The summed E-state index contributed by atoms with van der Waals surface area (Å²) in [6, 6.07) is 7.45. The maximum atomic E-state index is 11.9. The summed E-state index contributed by atoms with van der Waals surface area (Å²) in [7, 11) is 0. The summed E-state index contributed by atoms with van der Waals surface area (Å²) in [5, 5.41) is 19.4. The SMILES string of the molecule is O=C(O)C1(C(=O)O)CC2c3ccccc3C1CC21OCCO1. The zero-order valence-electron chi connectivity index (χ0n) is 11.8. The third-order valence-corrected chi connectivity index (χ3v) is 5.43. The van der Waals surface area contributed by atoms with Gasteiger partial charge in [0.05, 0.1) is 13.2 Å². The van der Waals surface area contributed by atoms with E-state index < -0.39 is 29.1 Å². The Labute approximate surface area is 126 Å². The number of carboxylic acids is 2. The van der Waals surface area contributed by atoms with E-state index in [0.29, 0.717) is 13.2 Å². The van der Waals surface area contributed by atoms with Gasteiger partial charge in [0.2, 0.25) is 0 Å². The Balaban J connectivity index is 1.93. The molecule has 4 aliphatic rings. The maximum Gasteiger partial charge on any atom is 0.321 e. The lowest BCUT2D eigenvalue weighted by molar-refractivity contribution is -0.224. The van der Waals surface area contributed by atoms with E-state index in [1.54, 1.807) is 0 Å². The second-order valence-electron chi connectivity index (χ2n) is 6.23. The lowest BCUT2D eigenvalue weighted by atomic mass is 9.51. The minimum absolute atomic E-state index is 0.000648. The number of fused-ring (bicyclic) bond motifs is 1. The summed E-state index contributed by atoms with van der Waals surface area (Å²) in [6.07, 6.45) is 0.270. The first-order chi connectivity index (χ1) is 10.5. The van der Waals surface area contributed by atoms with Crippen molar-refractivity contribution in [1.82, 2.24) is 0 Å². The number of benzene rings is 1. The van der Waals surface area contributed by atoms with Crippen molar-refractivity contribution in [2.75, 3.05) is 13.2 Å². The van der Waals surface area contributed by atoms with Gasteiger partial charge < -0.3 is 19.7 Å². The highest BCUT2D eigenvalue weighted by atomic mass is 16.7. The Hall–Kier alpha value is -1.92. The number of rotatable bonds is 2. The molecule has 5 rings (SSSR count). The quantitative estimate of drug-likeness (QED) is 0.805. The fraction of sp³-hybridized carbons (Fsp3) is 0.500. The third-order valence-electron chi connectivity index (χ3n) is 5.43. The number of aliphatic carboxylic acids is 2. The molecule has 22 heavy (non-hydrogen) atoms. The highest BCUT2D eigenvalue weighted by molar-refractivity contribution is 6.00. The molecule has 1 saturated carbocycles. The van der Waals surface area contributed by atoms with E-state index in [0.717, 1.165) is 11.1 Å². The summed E-state index contributed by atoms with van der Waals surface area (Å²) in [5.41, 5.74) is -0.0494. The van der Waals surface area contributed by atoms with Crippen LogP contribution in [0, 0.1) is 5.41 Å². The van der Waals surface area contributed by atoms with Crippen molar-refractivity contribution in [3.05, 3.63) is 35.4 Å². The van der Waals surface area contributed by atoms with E-state index in [-0.39, 0.29) is 18.8 Å². The Morgan fingerprint density at radius 3 is 2.05 bits per heavy atom. The van der Waals surface area contributed by atoms with Crippen molar-refractivity contribution in [3.8, 4) is 0 Å². The van der Waals surface area contributed by atoms with E-state index in [1.165, 1.54) is 0 Å². The average molecular weight is 304 g/mol. The number of ether oxygens (including phenoxy) is 2. The van der Waals surface area contributed by atoms with Gasteiger partial charge in [-0.15, -0.1) is 0 Å². The first kappa shape index (κ1) is 13.7. The Morgan fingerprint density at radius 2 is 1.50 bits per heavy atom. The van der Waals surface area contributed by atoms with Crippen LogP contribution in [0.3, 0.4) is 0 Å². The molecule has 1 aromatic carbocycles. The topological polar surface area (TPSA) is 93.1 Å². The van der Waals surface area contributed by atoms with Crippen LogP contribution in [0.25, 0.3) is 0 Å². The predicted octanol–water partition coefficient (Wildman–Crippen LogP) is 1.56. The number of hydrogen-bond donors (Lipinski definition) is 2. The van der Waals surface area contributed by atoms with E-state index in [2.05, 4.69) is 0 Å². The second kappa shape index (κ2) is 4.30. The summed E-state index contributed by atoms with van der Waals surface area (Å²) < 4.78 is 11.6.